The number of amides is 1. The molecule has 0 radical (unpaired) electrons. The second-order valence-electron chi connectivity index (χ2n) is 6.34. The number of carbonyl (C=O) groups excluding carboxylic acids is 1. The van der Waals surface area contributed by atoms with E-state index in [1.807, 2.05) is 37.3 Å². The van der Waals surface area contributed by atoms with Crippen molar-refractivity contribution in [2.24, 2.45) is 0 Å². The van der Waals surface area contributed by atoms with Crippen molar-refractivity contribution in [2.75, 3.05) is 31.1 Å². The third-order valence-corrected chi connectivity index (χ3v) is 4.56. The highest BCUT2D eigenvalue weighted by atomic mass is 16.5. The van der Waals surface area contributed by atoms with Crippen LogP contribution < -0.4 is 9.64 Å². The Balaban J connectivity index is 1.41. The lowest BCUT2D eigenvalue weighted by atomic mass is 10.2. The summed E-state index contributed by atoms with van der Waals surface area (Å²) < 4.78 is 11.1. The Morgan fingerprint density at radius 2 is 1.89 bits per heavy atom. The molecule has 0 N–H and O–H groups in total. The Morgan fingerprint density at radius 1 is 1.07 bits per heavy atom. The fourth-order valence-electron chi connectivity index (χ4n) is 3.04. The number of aromatic nitrogens is 2. The zero-order valence-electron chi connectivity index (χ0n) is 15.0. The molecule has 0 spiro atoms. The monoisotopic (exact) mass is 364 g/mol. The van der Waals surface area contributed by atoms with Crippen LogP contribution in [0.1, 0.15) is 16.1 Å². The molecule has 3 heterocycles. The predicted molar refractivity (Wildman–Crippen MR) is 100 cm³/mol. The van der Waals surface area contributed by atoms with Gasteiger partial charge in [-0.05, 0) is 30.7 Å². The van der Waals surface area contributed by atoms with Crippen LogP contribution in [0, 0.1) is 6.92 Å². The van der Waals surface area contributed by atoms with E-state index < -0.39 is 0 Å². The topological polar surface area (TPSA) is 71.7 Å². The van der Waals surface area contributed by atoms with Crippen molar-refractivity contribution in [3.8, 4) is 11.6 Å². The smallest absolute Gasteiger partial charge is 0.289 e. The zero-order valence-corrected chi connectivity index (χ0v) is 15.0. The van der Waals surface area contributed by atoms with Gasteiger partial charge in [0.1, 0.15) is 17.9 Å². The van der Waals surface area contributed by atoms with E-state index in [1.54, 1.807) is 17.0 Å². The quantitative estimate of drug-likeness (QED) is 0.708. The summed E-state index contributed by atoms with van der Waals surface area (Å²) in [6.07, 6.45) is 3.02. The number of benzene rings is 1. The first-order chi connectivity index (χ1) is 13.2. The number of hydrogen-bond donors (Lipinski definition) is 0. The van der Waals surface area contributed by atoms with Crippen molar-refractivity contribution in [2.45, 2.75) is 6.92 Å². The van der Waals surface area contributed by atoms with Crippen molar-refractivity contribution >= 4 is 11.7 Å². The largest absolute Gasteiger partial charge is 0.459 e. The minimum atomic E-state index is -0.0779. The molecule has 1 saturated heterocycles. The molecular weight excluding hydrogens is 344 g/mol. The van der Waals surface area contributed by atoms with Crippen LogP contribution in [0.3, 0.4) is 0 Å². The number of carbonyl (C=O) groups is 1. The molecule has 1 aliphatic rings. The van der Waals surface area contributed by atoms with E-state index in [9.17, 15) is 4.79 Å². The molecule has 2 aromatic heterocycles. The maximum atomic E-state index is 12.4. The van der Waals surface area contributed by atoms with Crippen LogP contribution in [0.15, 0.2) is 59.5 Å². The van der Waals surface area contributed by atoms with Crippen molar-refractivity contribution in [3.05, 3.63) is 66.4 Å². The number of rotatable bonds is 4. The van der Waals surface area contributed by atoms with Crippen molar-refractivity contribution < 1.29 is 13.9 Å². The van der Waals surface area contributed by atoms with Gasteiger partial charge in [0, 0.05) is 32.2 Å². The van der Waals surface area contributed by atoms with Gasteiger partial charge in [0.2, 0.25) is 5.88 Å². The summed E-state index contributed by atoms with van der Waals surface area (Å²) in [5.41, 5.74) is 1.04. The fraction of sp³-hybridized carbons (Fsp3) is 0.250. The molecule has 0 unspecified atom stereocenters. The van der Waals surface area contributed by atoms with Crippen LogP contribution in [-0.2, 0) is 0 Å². The third-order valence-electron chi connectivity index (χ3n) is 4.56. The summed E-state index contributed by atoms with van der Waals surface area (Å²) >= 11 is 0. The SMILES string of the molecule is Cc1ccccc1Oc1cc(N2CCN(C(=O)c3ccco3)CC2)ncn1. The van der Waals surface area contributed by atoms with Crippen molar-refractivity contribution in [1.29, 1.82) is 0 Å². The van der Waals surface area contributed by atoms with Gasteiger partial charge in [-0.3, -0.25) is 4.79 Å². The standard InChI is InChI=1S/C20H20N4O3/c1-15-5-2-3-6-16(15)27-19-13-18(21-14-22-19)23-8-10-24(11-9-23)20(25)17-7-4-12-26-17/h2-7,12-14H,8-11H2,1H3. The lowest BCUT2D eigenvalue weighted by molar-refractivity contribution is 0.0714. The van der Waals surface area contributed by atoms with Gasteiger partial charge in [-0.15, -0.1) is 0 Å². The van der Waals surface area contributed by atoms with Crippen molar-refractivity contribution in [3.63, 3.8) is 0 Å². The van der Waals surface area contributed by atoms with E-state index in [0.29, 0.717) is 37.8 Å². The predicted octanol–water partition coefficient (Wildman–Crippen LogP) is 3.13. The molecule has 138 valence electrons. The molecule has 1 aliphatic heterocycles. The Morgan fingerprint density at radius 3 is 2.63 bits per heavy atom. The van der Waals surface area contributed by atoms with E-state index in [-0.39, 0.29) is 5.91 Å². The zero-order chi connectivity index (χ0) is 18.6. The van der Waals surface area contributed by atoms with Gasteiger partial charge in [0.05, 0.1) is 6.26 Å². The number of ether oxygens (including phenoxy) is 1. The molecule has 1 fully saturated rings. The molecule has 0 saturated carbocycles. The lowest BCUT2D eigenvalue weighted by Gasteiger charge is -2.34. The highest BCUT2D eigenvalue weighted by Crippen LogP contribution is 2.25. The van der Waals surface area contributed by atoms with Crippen LogP contribution in [-0.4, -0.2) is 47.0 Å². The average Bonchev–Trinajstić information content (AvgIpc) is 3.24. The molecule has 1 aromatic carbocycles. The first-order valence-corrected chi connectivity index (χ1v) is 8.84. The number of furan rings is 1. The fourth-order valence-corrected chi connectivity index (χ4v) is 3.04. The Labute approximate surface area is 157 Å². The molecule has 0 bridgehead atoms. The highest BCUT2D eigenvalue weighted by Gasteiger charge is 2.24. The summed E-state index contributed by atoms with van der Waals surface area (Å²) in [5.74, 6) is 2.36. The van der Waals surface area contributed by atoms with Crippen LogP contribution in [0.4, 0.5) is 5.82 Å². The van der Waals surface area contributed by atoms with E-state index in [0.717, 1.165) is 17.1 Å². The Bertz CT molecular complexity index is 918. The second-order valence-corrected chi connectivity index (χ2v) is 6.34. The maximum Gasteiger partial charge on any atom is 0.289 e. The molecule has 0 aliphatic carbocycles. The van der Waals surface area contributed by atoms with Gasteiger partial charge in [-0.2, -0.15) is 0 Å². The Kier molecular flexibility index (Phi) is 4.74. The molecule has 0 atom stereocenters. The minimum Gasteiger partial charge on any atom is -0.459 e. The molecule has 4 rings (SSSR count). The summed E-state index contributed by atoms with van der Waals surface area (Å²) in [6.45, 7) is 4.59. The van der Waals surface area contributed by atoms with E-state index in [4.69, 9.17) is 9.15 Å². The summed E-state index contributed by atoms with van der Waals surface area (Å²) in [6, 6.07) is 13.0. The molecule has 7 heteroatoms. The summed E-state index contributed by atoms with van der Waals surface area (Å²) in [4.78, 5) is 24.8. The van der Waals surface area contributed by atoms with Gasteiger partial charge >= 0.3 is 0 Å². The van der Waals surface area contributed by atoms with Gasteiger partial charge in [-0.1, -0.05) is 18.2 Å². The van der Waals surface area contributed by atoms with E-state index in [1.165, 1.54) is 12.6 Å². The van der Waals surface area contributed by atoms with Gasteiger partial charge < -0.3 is 19.0 Å². The number of para-hydroxylation sites is 1. The molecule has 3 aromatic rings. The number of anilines is 1. The molecule has 1 amide bonds. The highest BCUT2D eigenvalue weighted by molar-refractivity contribution is 5.91. The van der Waals surface area contributed by atoms with Crippen LogP contribution >= 0.6 is 0 Å². The Hall–Kier alpha value is -3.35. The first-order valence-electron chi connectivity index (χ1n) is 8.84. The number of aryl methyl sites for hydroxylation is 1. The minimum absolute atomic E-state index is 0.0779. The number of piperazine rings is 1. The number of hydrogen-bond acceptors (Lipinski definition) is 6. The lowest BCUT2D eigenvalue weighted by Crippen LogP contribution is -2.49. The van der Waals surface area contributed by atoms with Gasteiger partial charge in [0.15, 0.2) is 5.76 Å². The normalized spacial score (nSPS) is 14.3. The van der Waals surface area contributed by atoms with Crippen LogP contribution in [0.5, 0.6) is 11.6 Å². The average molecular weight is 364 g/mol. The molecule has 27 heavy (non-hydrogen) atoms. The van der Waals surface area contributed by atoms with E-state index in [2.05, 4.69) is 14.9 Å². The third kappa shape index (κ3) is 3.76. The number of nitrogens with zero attached hydrogens (tertiary/aromatic N) is 4. The molecule has 7 nitrogen and oxygen atoms in total. The van der Waals surface area contributed by atoms with Crippen LogP contribution in [0.2, 0.25) is 0 Å². The maximum absolute atomic E-state index is 12.4. The van der Waals surface area contributed by atoms with Crippen molar-refractivity contribution in [1.82, 2.24) is 14.9 Å². The van der Waals surface area contributed by atoms with Gasteiger partial charge in [-0.25, -0.2) is 9.97 Å². The summed E-state index contributed by atoms with van der Waals surface area (Å²) in [7, 11) is 0. The van der Waals surface area contributed by atoms with Crippen LogP contribution in [0.25, 0.3) is 0 Å². The first kappa shape index (κ1) is 17.1. The van der Waals surface area contributed by atoms with E-state index >= 15 is 0 Å². The second kappa shape index (κ2) is 7.49. The molecular formula is C20H20N4O3. The summed E-state index contributed by atoms with van der Waals surface area (Å²) in [5, 5.41) is 0. The van der Waals surface area contributed by atoms with Gasteiger partial charge in [0.25, 0.3) is 5.91 Å².